The molecule has 1 amide bonds. The molecular weight excluding hydrogens is 264 g/mol. The van der Waals surface area contributed by atoms with Gasteiger partial charge in [0.15, 0.2) is 0 Å². The molecule has 1 atom stereocenters. The summed E-state index contributed by atoms with van der Waals surface area (Å²) in [5.41, 5.74) is 1.44. The number of rotatable bonds is 4. The minimum absolute atomic E-state index is 0.0420. The molecule has 1 heterocycles. The lowest BCUT2D eigenvalue weighted by Gasteiger charge is -2.22. The predicted molar refractivity (Wildman–Crippen MR) is 83.0 cm³/mol. The highest BCUT2D eigenvalue weighted by Gasteiger charge is 2.23. The van der Waals surface area contributed by atoms with Crippen molar-refractivity contribution in [2.75, 3.05) is 26.2 Å². The summed E-state index contributed by atoms with van der Waals surface area (Å²) in [5.74, 6) is 5.36. The number of nitrogens with one attached hydrogen (secondary N) is 1. The second kappa shape index (κ2) is 7.82. The molecule has 21 heavy (non-hydrogen) atoms. The van der Waals surface area contributed by atoms with Crippen molar-refractivity contribution in [2.24, 2.45) is 0 Å². The Kier molecular flexibility index (Phi) is 5.79. The molecule has 1 unspecified atom stereocenters. The van der Waals surface area contributed by atoms with Gasteiger partial charge in [0.1, 0.15) is 6.61 Å². The molecule has 1 aromatic rings. The van der Waals surface area contributed by atoms with Crippen molar-refractivity contribution in [1.29, 1.82) is 0 Å². The largest absolute Gasteiger partial charge is 0.384 e. The van der Waals surface area contributed by atoms with Crippen molar-refractivity contribution in [3.63, 3.8) is 0 Å². The molecule has 0 bridgehead atoms. The summed E-state index contributed by atoms with van der Waals surface area (Å²) in [6, 6.07) is 7.59. The predicted octanol–water partition coefficient (Wildman–Crippen LogP) is 1.24. The van der Waals surface area contributed by atoms with Crippen LogP contribution in [-0.4, -0.2) is 48.2 Å². The lowest BCUT2D eigenvalue weighted by Crippen LogP contribution is -2.40. The van der Waals surface area contributed by atoms with Crippen LogP contribution in [0.2, 0.25) is 0 Å². The van der Waals surface area contributed by atoms with Gasteiger partial charge < -0.3 is 10.4 Å². The average molecular weight is 286 g/mol. The molecule has 0 saturated carbocycles. The van der Waals surface area contributed by atoms with Gasteiger partial charge in [0.05, 0.1) is 0 Å². The van der Waals surface area contributed by atoms with Crippen molar-refractivity contribution in [3.8, 4) is 11.8 Å². The molecule has 2 N–H and O–H groups in total. The van der Waals surface area contributed by atoms with Gasteiger partial charge in [0, 0.05) is 23.7 Å². The van der Waals surface area contributed by atoms with Crippen molar-refractivity contribution >= 4 is 5.91 Å². The highest BCUT2D eigenvalue weighted by Crippen LogP contribution is 2.15. The van der Waals surface area contributed by atoms with Gasteiger partial charge in [-0.15, -0.1) is 0 Å². The fraction of sp³-hybridized carbons (Fsp3) is 0.471. The summed E-state index contributed by atoms with van der Waals surface area (Å²) in [7, 11) is 0. The van der Waals surface area contributed by atoms with Gasteiger partial charge in [-0.1, -0.05) is 18.8 Å². The van der Waals surface area contributed by atoms with E-state index in [0.717, 1.165) is 25.1 Å². The van der Waals surface area contributed by atoms with Gasteiger partial charge >= 0.3 is 0 Å². The number of carbonyl (C=O) groups excluding carboxylic acids is 1. The van der Waals surface area contributed by atoms with E-state index in [4.69, 9.17) is 5.11 Å². The van der Waals surface area contributed by atoms with Crippen LogP contribution in [0, 0.1) is 11.8 Å². The number of hydrogen-bond donors (Lipinski definition) is 2. The lowest BCUT2D eigenvalue weighted by atomic mass is 10.1. The first kappa shape index (κ1) is 15.6. The van der Waals surface area contributed by atoms with Crippen LogP contribution in [0.3, 0.4) is 0 Å². The number of aliphatic hydroxyl groups excluding tert-OH is 1. The average Bonchev–Trinajstić information content (AvgIpc) is 2.98. The Bertz CT molecular complexity index is 528. The number of likely N-dealkylation sites (N-methyl/N-ethyl adjacent to an activating group) is 1. The third-order valence-electron chi connectivity index (χ3n) is 3.86. The number of likely N-dealkylation sites (tertiary alicyclic amines) is 1. The molecular formula is C17H22N2O2. The molecule has 1 aliphatic heterocycles. The topological polar surface area (TPSA) is 52.6 Å². The summed E-state index contributed by atoms with van der Waals surface area (Å²) in [6.07, 6.45) is 2.37. The number of carbonyl (C=O) groups is 1. The minimum Gasteiger partial charge on any atom is -0.384 e. The summed E-state index contributed by atoms with van der Waals surface area (Å²) in [6.45, 7) is 4.89. The van der Waals surface area contributed by atoms with Gasteiger partial charge in [-0.05, 0) is 50.2 Å². The fourth-order valence-electron chi connectivity index (χ4n) is 2.70. The summed E-state index contributed by atoms with van der Waals surface area (Å²) in [5, 5.41) is 11.7. The Morgan fingerprint density at radius 2 is 2.19 bits per heavy atom. The number of hydrogen-bond acceptors (Lipinski definition) is 3. The van der Waals surface area contributed by atoms with E-state index in [0.29, 0.717) is 18.2 Å². The maximum Gasteiger partial charge on any atom is 0.251 e. The molecule has 1 aromatic carbocycles. The first-order chi connectivity index (χ1) is 10.2. The monoisotopic (exact) mass is 286 g/mol. The van der Waals surface area contributed by atoms with Crippen LogP contribution in [0.15, 0.2) is 24.3 Å². The number of nitrogens with zero attached hydrogens (tertiary/aromatic N) is 1. The zero-order chi connectivity index (χ0) is 15.1. The number of aliphatic hydroxyl groups is 1. The van der Waals surface area contributed by atoms with Crippen LogP contribution in [0.1, 0.15) is 35.7 Å². The van der Waals surface area contributed by atoms with Crippen molar-refractivity contribution in [2.45, 2.75) is 25.8 Å². The van der Waals surface area contributed by atoms with Crippen LogP contribution < -0.4 is 5.32 Å². The molecule has 4 nitrogen and oxygen atoms in total. The SMILES string of the molecule is CCN1CCCC1CNC(=O)c1ccc(C#CCO)cc1. The quantitative estimate of drug-likeness (QED) is 0.819. The first-order valence-electron chi connectivity index (χ1n) is 7.46. The Morgan fingerprint density at radius 1 is 1.43 bits per heavy atom. The van der Waals surface area contributed by atoms with E-state index >= 15 is 0 Å². The summed E-state index contributed by atoms with van der Waals surface area (Å²) >= 11 is 0. The third-order valence-corrected chi connectivity index (χ3v) is 3.86. The van der Waals surface area contributed by atoms with Crippen molar-refractivity contribution < 1.29 is 9.90 Å². The Balaban J connectivity index is 1.88. The molecule has 1 aliphatic rings. The van der Waals surface area contributed by atoms with Crippen LogP contribution >= 0.6 is 0 Å². The van der Waals surface area contributed by atoms with E-state index in [9.17, 15) is 4.79 Å². The normalized spacial score (nSPS) is 18.1. The van der Waals surface area contributed by atoms with Crippen molar-refractivity contribution in [1.82, 2.24) is 10.2 Å². The van der Waals surface area contributed by atoms with Gasteiger partial charge in [0.25, 0.3) is 5.91 Å². The van der Waals surface area contributed by atoms with Crippen LogP contribution in [0.25, 0.3) is 0 Å². The van der Waals surface area contributed by atoms with E-state index < -0.39 is 0 Å². The molecule has 2 rings (SSSR count). The second-order valence-electron chi connectivity index (χ2n) is 5.17. The van der Waals surface area contributed by atoms with Gasteiger partial charge in [-0.2, -0.15) is 0 Å². The van der Waals surface area contributed by atoms with Gasteiger partial charge in [-0.25, -0.2) is 0 Å². The fourth-order valence-corrected chi connectivity index (χ4v) is 2.70. The highest BCUT2D eigenvalue weighted by atomic mass is 16.2. The highest BCUT2D eigenvalue weighted by molar-refractivity contribution is 5.94. The van der Waals surface area contributed by atoms with E-state index in [-0.39, 0.29) is 12.5 Å². The van der Waals surface area contributed by atoms with E-state index in [1.54, 1.807) is 24.3 Å². The molecule has 1 fully saturated rings. The standard InChI is InChI=1S/C17H22N2O2/c1-2-19-11-3-6-16(19)13-18-17(21)15-9-7-14(8-10-15)5-4-12-20/h7-10,16,20H,2-3,6,11-13H2,1H3,(H,18,21). The molecule has 112 valence electrons. The Morgan fingerprint density at radius 3 is 2.86 bits per heavy atom. The maximum absolute atomic E-state index is 12.1. The molecule has 0 spiro atoms. The molecule has 0 aromatic heterocycles. The number of amides is 1. The Hall–Kier alpha value is -1.83. The second-order valence-corrected chi connectivity index (χ2v) is 5.17. The summed E-state index contributed by atoms with van der Waals surface area (Å²) < 4.78 is 0. The molecule has 0 aliphatic carbocycles. The first-order valence-corrected chi connectivity index (χ1v) is 7.46. The van der Waals surface area contributed by atoms with E-state index in [2.05, 4.69) is 29.0 Å². The maximum atomic E-state index is 12.1. The lowest BCUT2D eigenvalue weighted by molar-refractivity contribution is 0.0941. The number of benzene rings is 1. The van der Waals surface area contributed by atoms with Gasteiger partial charge in [0.2, 0.25) is 0 Å². The third kappa shape index (κ3) is 4.32. The van der Waals surface area contributed by atoms with Crippen molar-refractivity contribution in [3.05, 3.63) is 35.4 Å². The van der Waals surface area contributed by atoms with E-state index in [1.807, 2.05) is 0 Å². The summed E-state index contributed by atoms with van der Waals surface area (Å²) in [4.78, 5) is 14.5. The Labute approximate surface area is 126 Å². The van der Waals surface area contributed by atoms with Crippen LogP contribution in [0.4, 0.5) is 0 Å². The zero-order valence-electron chi connectivity index (χ0n) is 12.4. The van der Waals surface area contributed by atoms with Crippen LogP contribution in [-0.2, 0) is 0 Å². The zero-order valence-corrected chi connectivity index (χ0v) is 12.4. The minimum atomic E-state index is -0.155. The molecule has 0 radical (unpaired) electrons. The molecule has 1 saturated heterocycles. The van der Waals surface area contributed by atoms with E-state index in [1.165, 1.54) is 6.42 Å². The smallest absolute Gasteiger partial charge is 0.251 e. The van der Waals surface area contributed by atoms with Gasteiger partial charge in [-0.3, -0.25) is 9.69 Å². The van der Waals surface area contributed by atoms with Crippen LogP contribution in [0.5, 0.6) is 0 Å². The molecule has 4 heteroatoms.